The number of halogens is 1. The number of hydrogen-bond acceptors (Lipinski definition) is 3. The van der Waals surface area contributed by atoms with Crippen molar-refractivity contribution in [1.29, 1.82) is 0 Å². The Morgan fingerprint density at radius 2 is 1.88 bits per heavy atom. The summed E-state index contributed by atoms with van der Waals surface area (Å²) in [5.74, 6) is 2.42. The van der Waals surface area contributed by atoms with E-state index in [4.69, 9.17) is 16.3 Å². The van der Waals surface area contributed by atoms with E-state index >= 15 is 0 Å². The van der Waals surface area contributed by atoms with Crippen molar-refractivity contribution in [2.45, 2.75) is 5.75 Å². The number of ether oxygens (including phenoxy) is 1. The maximum Gasteiger partial charge on any atom is 0.251 e. The Kier molecular flexibility index (Phi) is 7.72. The summed E-state index contributed by atoms with van der Waals surface area (Å²) in [5, 5.41) is 3.67. The molecule has 1 N–H and O–H groups in total. The van der Waals surface area contributed by atoms with Gasteiger partial charge in [-0.05, 0) is 42.0 Å². The van der Waals surface area contributed by atoms with Crippen LogP contribution >= 0.6 is 23.4 Å². The van der Waals surface area contributed by atoms with Crippen molar-refractivity contribution in [3.63, 3.8) is 0 Å². The molecule has 0 saturated heterocycles. The molecule has 1 amide bonds. The Morgan fingerprint density at radius 3 is 2.54 bits per heavy atom. The predicted octanol–water partition coefficient (Wildman–Crippen LogP) is 4.57. The Hall–Kier alpha value is -1.91. The molecule has 0 unspecified atom stereocenters. The average Bonchev–Trinajstić information content (AvgIpc) is 2.61. The fraction of sp³-hybridized carbons (Fsp3) is 0.211. The van der Waals surface area contributed by atoms with Crippen molar-refractivity contribution in [2.75, 3.05) is 18.9 Å². The molecule has 2 rings (SSSR count). The molecule has 0 aromatic heterocycles. The summed E-state index contributed by atoms with van der Waals surface area (Å²) in [5.41, 5.74) is 1.86. The lowest BCUT2D eigenvalue weighted by atomic mass is 10.2. The van der Waals surface area contributed by atoms with Crippen molar-refractivity contribution in [3.05, 3.63) is 77.3 Å². The summed E-state index contributed by atoms with van der Waals surface area (Å²) in [6.45, 7) is 4.68. The van der Waals surface area contributed by atoms with Crippen LogP contribution in [0.25, 0.3) is 0 Å². The van der Waals surface area contributed by atoms with Crippen molar-refractivity contribution >= 4 is 29.3 Å². The topological polar surface area (TPSA) is 38.3 Å². The lowest BCUT2D eigenvalue weighted by molar-refractivity contribution is 0.0956. The first-order valence-corrected chi connectivity index (χ1v) is 9.16. The fourth-order valence-electron chi connectivity index (χ4n) is 1.97. The van der Waals surface area contributed by atoms with Gasteiger partial charge in [-0.15, -0.1) is 0 Å². The molecule has 0 aliphatic carbocycles. The number of carbonyl (C=O) groups is 1. The monoisotopic (exact) mass is 361 g/mol. The van der Waals surface area contributed by atoms with E-state index < -0.39 is 0 Å². The van der Waals surface area contributed by atoms with Crippen LogP contribution in [0.2, 0.25) is 5.02 Å². The van der Waals surface area contributed by atoms with Gasteiger partial charge in [0.25, 0.3) is 5.91 Å². The smallest absolute Gasteiger partial charge is 0.251 e. The van der Waals surface area contributed by atoms with Crippen molar-refractivity contribution in [3.8, 4) is 5.75 Å². The van der Waals surface area contributed by atoms with Crippen LogP contribution < -0.4 is 10.1 Å². The SMILES string of the molecule is C=CCOc1ccc(C(=O)NCCSCc2ccc(Cl)cc2)cc1. The van der Waals surface area contributed by atoms with Crippen LogP contribution in [-0.4, -0.2) is 24.8 Å². The molecule has 0 atom stereocenters. The quantitative estimate of drug-likeness (QED) is 0.525. The zero-order valence-corrected chi connectivity index (χ0v) is 14.9. The molecule has 0 aliphatic rings. The maximum atomic E-state index is 12.0. The first-order chi connectivity index (χ1) is 11.7. The van der Waals surface area contributed by atoms with Crippen LogP contribution in [0.15, 0.2) is 61.2 Å². The lowest BCUT2D eigenvalue weighted by Crippen LogP contribution is -2.25. The van der Waals surface area contributed by atoms with E-state index in [1.165, 1.54) is 5.56 Å². The summed E-state index contributed by atoms with van der Waals surface area (Å²) in [7, 11) is 0. The molecule has 2 aromatic rings. The minimum atomic E-state index is -0.0719. The standard InChI is InChI=1S/C19H20ClNO2S/c1-2-12-23-18-9-5-16(6-10-18)19(22)21-11-13-24-14-15-3-7-17(20)8-4-15/h2-10H,1,11-14H2,(H,21,22). The number of thioether (sulfide) groups is 1. The molecule has 0 saturated carbocycles. The number of rotatable bonds is 9. The second-order valence-electron chi connectivity index (χ2n) is 5.06. The van der Waals surface area contributed by atoms with E-state index in [2.05, 4.69) is 11.9 Å². The zero-order chi connectivity index (χ0) is 17.2. The molecular formula is C19H20ClNO2S. The third-order valence-electron chi connectivity index (χ3n) is 3.20. The van der Waals surface area contributed by atoms with Gasteiger partial charge in [0.05, 0.1) is 0 Å². The van der Waals surface area contributed by atoms with Crippen molar-refractivity contribution in [2.24, 2.45) is 0 Å². The third kappa shape index (κ3) is 6.30. The molecule has 5 heteroatoms. The lowest BCUT2D eigenvalue weighted by Gasteiger charge is -2.07. The van der Waals surface area contributed by atoms with Gasteiger partial charge >= 0.3 is 0 Å². The van der Waals surface area contributed by atoms with Crippen LogP contribution in [0.3, 0.4) is 0 Å². The molecule has 2 aromatic carbocycles. The highest BCUT2D eigenvalue weighted by atomic mass is 35.5. The van der Waals surface area contributed by atoms with Gasteiger partial charge in [-0.3, -0.25) is 4.79 Å². The van der Waals surface area contributed by atoms with Gasteiger partial charge in [-0.2, -0.15) is 11.8 Å². The van der Waals surface area contributed by atoms with E-state index in [1.54, 1.807) is 42.1 Å². The van der Waals surface area contributed by atoms with Gasteiger partial charge in [0.15, 0.2) is 0 Å². The van der Waals surface area contributed by atoms with Gasteiger partial charge in [-0.25, -0.2) is 0 Å². The fourth-order valence-corrected chi connectivity index (χ4v) is 2.91. The zero-order valence-electron chi connectivity index (χ0n) is 13.3. The molecule has 3 nitrogen and oxygen atoms in total. The van der Waals surface area contributed by atoms with E-state index in [-0.39, 0.29) is 5.91 Å². The number of amides is 1. The summed E-state index contributed by atoms with van der Waals surface area (Å²) in [4.78, 5) is 12.0. The summed E-state index contributed by atoms with van der Waals surface area (Å²) in [6, 6.07) is 14.9. The molecule has 0 radical (unpaired) electrons. The van der Waals surface area contributed by atoms with Gasteiger partial charge in [0, 0.05) is 28.6 Å². The van der Waals surface area contributed by atoms with E-state index in [0.29, 0.717) is 18.7 Å². The number of benzene rings is 2. The van der Waals surface area contributed by atoms with Crippen LogP contribution in [0.1, 0.15) is 15.9 Å². The minimum Gasteiger partial charge on any atom is -0.490 e. The largest absolute Gasteiger partial charge is 0.490 e. The Bertz CT molecular complexity index is 656. The second kappa shape index (κ2) is 10.1. The Balaban J connectivity index is 1.67. The summed E-state index contributed by atoms with van der Waals surface area (Å²) in [6.07, 6.45) is 1.68. The highest BCUT2D eigenvalue weighted by molar-refractivity contribution is 7.98. The van der Waals surface area contributed by atoms with Crippen LogP contribution in [0.4, 0.5) is 0 Å². The molecule has 0 bridgehead atoms. The average molecular weight is 362 g/mol. The van der Waals surface area contributed by atoms with Gasteiger partial charge in [0.1, 0.15) is 12.4 Å². The van der Waals surface area contributed by atoms with Crippen LogP contribution in [0.5, 0.6) is 5.75 Å². The van der Waals surface area contributed by atoms with E-state index in [1.807, 2.05) is 24.3 Å². The Morgan fingerprint density at radius 1 is 1.17 bits per heavy atom. The Labute approximate surface area is 152 Å². The summed E-state index contributed by atoms with van der Waals surface area (Å²) < 4.78 is 5.39. The normalized spacial score (nSPS) is 10.2. The van der Waals surface area contributed by atoms with E-state index in [0.717, 1.165) is 22.3 Å². The van der Waals surface area contributed by atoms with Gasteiger partial charge < -0.3 is 10.1 Å². The minimum absolute atomic E-state index is 0.0719. The molecule has 0 aliphatic heterocycles. The highest BCUT2D eigenvalue weighted by Gasteiger charge is 2.05. The maximum absolute atomic E-state index is 12.0. The number of nitrogens with one attached hydrogen (secondary N) is 1. The van der Waals surface area contributed by atoms with E-state index in [9.17, 15) is 4.79 Å². The van der Waals surface area contributed by atoms with Crippen LogP contribution in [0, 0.1) is 0 Å². The van der Waals surface area contributed by atoms with Crippen molar-refractivity contribution < 1.29 is 9.53 Å². The third-order valence-corrected chi connectivity index (χ3v) is 4.48. The molecule has 0 fully saturated rings. The van der Waals surface area contributed by atoms with Gasteiger partial charge in [-0.1, -0.05) is 36.4 Å². The molecule has 0 heterocycles. The molecule has 126 valence electrons. The highest BCUT2D eigenvalue weighted by Crippen LogP contribution is 2.15. The first-order valence-electron chi connectivity index (χ1n) is 7.63. The first kappa shape index (κ1) is 18.4. The second-order valence-corrected chi connectivity index (χ2v) is 6.60. The van der Waals surface area contributed by atoms with Gasteiger partial charge in [0.2, 0.25) is 0 Å². The molecule has 0 spiro atoms. The van der Waals surface area contributed by atoms with Crippen LogP contribution in [-0.2, 0) is 5.75 Å². The molecular weight excluding hydrogens is 342 g/mol. The summed E-state index contributed by atoms with van der Waals surface area (Å²) >= 11 is 7.63. The number of hydrogen-bond donors (Lipinski definition) is 1. The molecule has 24 heavy (non-hydrogen) atoms. The predicted molar refractivity (Wildman–Crippen MR) is 102 cm³/mol. The van der Waals surface area contributed by atoms with Crippen molar-refractivity contribution in [1.82, 2.24) is 5.32 Å². The number of carbonyl (C=O) groups excluding carboxylic acids is 1.